The van der Waals surface area contributed by atoms with Gasteiger partial charge in [-0.25, -0.2) is 0 Å². The van der Waals surface area contributed by atoms with Crippen molar-refractivity contribution < 1.29 is 5.11 Å². The molecule has 2 nitrogen and oxygen atoms in total. The van der Waals surface area contributed by atoms with Crippen LogP contribution in [0.4, 0.5) is 5.69 Å². The van der Waals surface area contributed by atoms with Gasteiger partial charge in [0.05, 0.1) is 4.99 Å². The summed E-state index contributed by atoms with van der Waals surface area (Å²) >= 11 is 5.34. The Bertz CT molecular complexity index is 389. The molecule has 0 atom stereocenters. The Morgan fingerprint density at radius 3 is 2.00 bits per heavy atom. The Morgan fingerprint density at radius 1 is 0.905 bits per heavy atom. The van der Waals surface area contributed by atoms with Gasteiger partial charge in [0, 0.05) is 5.69 Å². The van der Waals surface area contributed by atoms with E-state index in [9.17, 15) is 5.11 Å². The lowest BCUT2D eigenvalue weighted by atomic mass is 10.1. The maximum atomic E-state index is 9.22. The molecule has 0 radical (unpaired) electrons. The van der Waals surface area contributed by atoms with Crippen LogP contribution in [0.25, 0.3) is 0 Å². The minimum atomic E-state index is 0.283. The van der Waals surface area contributed by atoms with Crippen LogP contribution < -0.4 is 5.32 Å². The summed E-state index contributed by atoms with van der Waals surface area (Å²) in [4.78, 5) is 0.892. The molecule has 118 valence electrons. The first-order valence-electron chi connectivity index (χ1n) is 8.31. The summed E-state index contributed by atoms with van der Waals surface area (Å²) < 4.78 is 0. The van der Waals surface area contributed by atoms with Crippen LogP contribution in [0, 0.1) is 0 Å². The predicted octanol–water partition coefficient (Wildman–Crippen LogP) is 6.05. The van der Waals surface area contributed by atoms with Crippen molar-refractivity contribution in [1.82, 2.24) is 0 Å². The highest BCUT2D eigenvalue weighted by molar-refractivity contribution is 7.80. The molecule has 1 aromatic carbocycles. The minimum Gasteiger partial charge on any atom is -0.508 e. The van der Waals surface area contributed by atoms with Gasteiger partial charge in [-0.2, -0.15) is 0 Å². The van der Waals surface area contributed by atoms with Crippen LogP contribution in [0.3, 0.4) is 0 Å². The van der Waals surface area contributed by atoms with Crippen LogP contribution >= 0.6 is 12.2 Å². The van der Waals surface area contributed by atoms with E-state index in [1.54, 1.807) is 12.1 Å². The fraction of sp³-hybridized carbons (Fsp3) is 0.611. The average molecular weight is 308 g/mol. The quantitative estimate of drug-likeness (QED) is 0.296. The maximum Gasteiger partial charge on any atom is 0.115 e. The SMILES string of the molecule is CCCCCCCCCCCC(=S)Nc1ccc(O)cc1. The van der Waals surface area contributed by atoms with E-state index >= 15 is 0 Å². The van der Waals surface area contributed by atoms with E-state index in [1.807, 2.05) is 12.1 Å². The van der Waals surface area contributed by atoms with Gasteiger partial charge in [0.25, 0.3) is 0 Å². The highest BCUT2D eigenvalue weighted by Gasteiger charge is 1.99. The molecular formula is C18H29NOS. The van der Waals surface area contributed by atoms with Gasteiger partial charge < -0.3 is 10.4 Å². The Labute approximate surface area is 135 Å². The Balaban J connectivity index is 1.97. The molecule has 0 bridgehead atoms. The highest BCUT2D eigenvalue weighted by atomic mass is 32.1. The second kappa shape index (κ2) is 11.6. The third kappa shape index (κ3) is 9.46. The molecular weight excluding hydrogens is 278 g/mol. The second-order valence-corrected chi connectivity index (χ2v) is 6.17. The highest BCUT2D eigenvalue weighted by Crippen LogP contribution is 2.15. The smallest absolute Gasteiger partial charge is 0.115 e. The van der Waals surface area contributed by atoms with Crippen molar-refractivity contribution in [3.63, 3.8) is 0 Å². The zero-order valence-corrected chi connectivity index (χ0v) is 14.1. The van der Waals surface area contributed by atoms with E-state index in [4.69, 9.17) is 12.2 Å². The van der Waals surface area contributed by atoms with Crippen molar-refractivity contribution in [3.8, 4) is 5.75 Å². The van der Waals surface area contributed by atoms with Crippen molar-refractivity contribution >= 4 is 22.9 Å². The number of hydrogen-bond acceptors (Lipinski definition) is 2. The van der Waals surface area contributed by atoms with Crippen LogP contribution in [0.1, 0.15) is 71.1 Å². The summed E-state index contributed by atoms with van der Waals surface area (Å²) in [5.74, 6) is 0.283. The van der Waals surface area contributed by atoms with Gasteiger partial charge in [0.15, 0.2) is 0 Å². The number of hydrogen-bond donors (Lipinski definition) is 2. The lowest BCUT2D eigenvalue weighted by Crippen LogP contribution is -2.08. The lowest BCUT2D eigenvalue weighted by Gasteiger charge is -2.08. The Hall–Kier alpha value is -1.09. The zero-order chi connectivity index (χ0) is 15.3. The van der Waals surface area contributed by atoms with E-state index in [2.05, 4.69) is 12.2 Å². The predicted molar refractivity (Wildman–Crippen MR) is 96.2 cm³/mol. The fourth-order valence-electron chi connectivity index (χ4n) is 2.36. The van der Waals surface area contributed by atoms with Crippen LogP contribution in [-0.2, 0) is 0 Å². The number of benzene rings is 1. The summed E-state index contributed by atoms with van der Waals surface area (Å²) in [6.45, 7) is 2.26. The third-order valence-electron chi connectivity index (χ3n) is 3.66. The number of unbranched alkanes of at least 4 members (excludes halogenated alkanes) is 8. The molecule has 3 heteroatoms. The number of aromatic hydroxyl groups is 1. The van der Waals surface area contributed by atoms with E-state index in [-0.39, 0.29) is 5.75 Å². The van der Waals surface area contributed by atoms with Crippen LogP contribution in [0.15, 0.2) is 24.3 Å². The van der Waals surface area contributed by atoms with E-state index in [0.717, 1.165) is 17.1 Å². The number of rotatable bonds is 11. The van der Waals surface area contributed by atoms with Crippen LogP contribution in [-0.4, -0.2) is 10.1 Å². The molecule has 0 aliphatic carbocycles. The summed E-state index contributed by atoms with van der Waals surface area (Å²) in [5, 5.41) is 12.4. The summed E-state index contributed by atoms with van der Waals surface area (Å²) in [6.07, 6.45) is 13.0. The van der Waals surface area contributed by atoms with Gasteiger partial charge in [-0.3, -0.25) is 0 Å². The topological polar surface area (TPSA) is 32.3 Å². The lowest BCUT2D eigenvalue weighted by molar-refractivity contribution is 0.475. The molecule has 0 fully saturated rings. The summed E-state index contributed by atoms with van der Waals surface area (Å²) in [7, 11) is 0. The number of phenolic OH excluding ortho intramolecular Hbond substituents is 1. The van der Waals surface area contributed by atoms with E-state index < -0.39 is 0 Å². The minimum absolute atomic E-state index is 0.283. The van der Waals surface area contributed by atoms with Crippen molar-refractivity contribution in [3.05, 3.63) is 24.3 Å². The van der Waals surface area contributed by atoms with Gasteiger partial charge in [-0.1, -0.05) is 70.5 Å². The standard InChI is InChI=1S/C18H29NOS/c1-2-3-4-5-6-7-8-9-10-11-18(21)19-16-12-14-17(20)15-13-16/h12-15,20H,2-11H2,1H3,(H,19,21). The fourth-order valence-corrected chi connectivity index (χ4v) is 2.63. The van der Waals surface area contributed by atoms with Crippen LogP contribution in [0.2, 0.25) is 0 Å². The molecule has 0 aromatic heterocycles. The van der Waals surface area contributed by atoms with Gasteiger partial charge in [0.2, 0.25) is 0 Å². The first kappa shape index (κ1) is 18.0. The van der Waals surface area contributed by atoms with Gasteiger partial charge in [0.1, 0.15) is 5.75 Å². The second-order valence-electron chi connectivity index (χ2n) is 5.67. The molecule has 0 amide bonds. The third-order valence-corrected chi connectivity index (χ3v) is 3.96. The molecule has 0 unspecified atom stereocenters. The van der Waals surface area contributed by atoms with Gasteiger partial charge >= 0.3 is 0 Å². The largest absolute Gasteiger partial charge is 0.508 e. The zero-order valence-electron chi connectivity index (χ0n) is 13.2. The first-order valence-corrected chi connectivity index (χ1v) is 8.72. The average Bonchev–Trinajstić information content (AvgIpc) is 2.48. The molecule has 0 heterocycles. The number of nitrogens with one attached hydrogen (secondary N) is 1. The van der Waals surface area contributed by atoms with Crippen molar-refractivity contribution in [2.24, 2.45) is 0 Å². The molecule has 0 spiro atoms. The van der Waals surface area contributed by atoms with Gasteiger partial charge in [-0.15, -0.1) is 0 Å². The number of thiocarbonyl (C=S) groups is 1. The molecule has 1 aromatic rings. The molecule has 0 saturated carbocycles. The Kier molecular flexibility index (Phi) is 9.88. The molecule has 0 aliphatic heterocycles. The normalized spacial score (nSPS) is 10.5. The number of phenols is 1. The van der Waals surface area contributed by atoms with Crippen LogP contribution in [0.5, 0.6) is 5.75 Å². The summed E-state index contributed by atoms with van der Waals surface area (Å²) in [5.41, 5.74) is 0.953. The summed E-state index contributed by atoms with van der Waals surface area (Å²) in [6, 6.07) is 7.03. The molecule has 2 N–H and O–H groups in total. The molecule has 0 saturated heterocycles. The molecule has 21 heavy (non-hydrogen) atoms. The maximum absolute atomic E-state index is 9.22. The van der Waals surface area contributed by atoms with E-state index in [0.29, 0.717) is 0 Å². The van der Waals surface area contributed by atoms with Gasteiger partial charge in [-0.05, 0) is 37.1 Å². The van der Waals surface area contributed by atoms with Crippen molar-refractivity contribution in [2.45, 2.75) is 71.1 Å². The monoisotopic (exact) mass is 307 g/mol. The Morgan fingerprint density at radius 2 is 1.43 bits per heavy atom. The first-order chi connectivity index (χ1) is 10.2. The number of anilines is 1. The molecule has 1 rings (SSSR count). The van der Waals surface area contributed by atoms with E-state index in [1.165, 1.54) is 57.8 Å². The van der Waals surface area contributed by atoms with Crippen molar-refractivity contribution in [2.75, 3.05) is 5.32 Å². The molecule has 0 aliphatic rings. The van der Waals surface area contributed by atoms with Crippen molar-refractivity contribution in [1.29, 1.82) is 0 Å².